The number of rotatable bonds is 8. The third-order valence-corrected chi connectivity index (χ3v) is 7.89. The van der Waals surface area contributed by atoms with Crippen LogP contribution < -0.4 is 4.74 Å². The SMILES string of the molecule is CCC(C)(C)C(=O)C(=O)CN1C2CCCC1C1CN(Cc3ccc(OC)cc3)C(=O)CN1C2=O. The van der Waals surface area contributed by atoms with Crippen molar-refractivity contribution in [3.05, 3.63) is 29.8 Å². The number of nitrogens with zero attached hydrogens (tertiary/aromatic N) is 3. The topological polar surface area (TPSA) is 87.2 Å². The quantitative estimate of drug-likeness (QED) is 0.542. The molecule has 3 atom stereocenters. The number of benzene rings is 1. The van der Waals surface area contributed by atoms with Crippen LogP contribution in [0.1, 0.15) is 52.0 Å². The standard InChI is InChI=1S/C26H35N3O5/c1-5-26(2,3)24(32)22(30)15-28-19-7-6-8-20(28)25(33)29-16-23(31)27(14-21(19)29)13-17-9-11-18(34-4)12-10-17/h9-12,19-21H,5-8,13-16H2,1-4H3. The van der Waals surface area contributed by atoms with Crippen molar-refractivity contribution in [2.75, 3.05) is 26.7 Å². The maximum absolute atomic E-state index is 13.4. The third-order valence-electron chi connectivity index (χ3n) is 7.89. The summed E-state index contributed by atoms with van der Waals surface area (Å²) in [6.07, 6.45) is 2.98. The molecule has 3 unspecified atom stereocenters. The molecule has 8 nitrogen and oxygen atoms in total. The Balaban J connectivity index is 1.53. The van der Waals surface area contributed by atoms with Gasteiger partial charge in [-0.15, -0.1) is 0 Å². The number of hydrogen-bond donors (Lipinski definition) is 0. The summed E-state index contributed by atoms with van der Waals surface area (Å²) in [6.45, 7) is 6.41. The molecule has 2 amide bonds. The van der Waals surface area contributed by atoms with E-state index in [4.69, 9.17) is 4.74 Å². The molecule has 0 aromatic heterocycles. The molecule has 2 bridgehead atoms. The number of carbonyl (C=O) groups excluding carboxylic acids is 4. The Morgan fingerprint density at radius 2 is 1.79 bits per heavy atom. The molecule has 8 heteroatoms. The molecule has 0 aliphatic carbocycles. The summed E-state index contributed by atoms with van der Waals surface area (Å²) in [5, 5.41) is 0. The highest BCUT2D eigenvalue weighted by Gasteiger charge is 2.52. The Bertz CT molecular complexity index is 973. The van der Waals surface area contributed by atoms with Crippen molar-refractivity contribution in [2.24, 2.45) is 5.41 Å². The molecule has 3 aliphatic rings. The van der Waals surface area contributed by atoms with Crippen molar-refractivity contribution >= 4 is 23.4 Å². The predicted octanol–water partition coefficient (Wildman–Crippen LogP) is 2.05. The number of ether oxygens (including phenoxy) is 1. The molecule has 3 fully saturated rings. The van der Waals surface area contributed by atoms with E-state index in [1.165, 1.54) is 0 Å². The van der Waals surface area contributed by atoms with Crippen molar-refractivity contribution in [2.45, 2.75) is 71.1 Å². The summed E-state index contributed by atoms with van der Waals surface area (Å²) in [4.78, 5) is 57.5. The van der Waals surface area contributed by atoms with Gasteiger partial charge in [0.15, 0.2) is 0 Å². The van der Waals surface area contributed by atoms with E-state index in [1.54, 1.807) is 30.8 Å². The van der Waals surface area contributed by atoms with Crippen LogP contribution in [0.15, 0.2) is 24.3 Å². The lowest BCUT2D eigenvalue weighted by atomic mass is 9.81. The minimum absolute atomic E-state index is 0.0277. The largest absolute Gasteiger partial charge is 0.497 e. The monoisotopic (exact) mass is 469 g/mol. The zero-order valence-electron chi connectivity index (χ0n) is 20.6. The van der Waals surface area contributed by atoms with Gasteiger partial charge in [0.2, 0.25) is 23.4 Å². The van der Waals surface area contributed by atoms with E-state index < -0.39 is 17.2 Å². The van der Waals surface area contributed by atoms with Gasteiger partial charge in [-0.2, -0.15) is 0 Å². The van der Waals surface area contributed by atoms with E-state index in [2.05, 4.69) is 0 Å². The van der Waals surface area contributed by atoms with Gasteiger partial charge >= 0.3 is 0 Å². The van der Waals surface area contributed by atoms with Gasteiger partial charge in [-0.3, -0.25) is 24.1 Å². The Morgan fingerprint density at radius 1 is 1.09 bits per heavy atom. The number of methoxy groups -OCH3 is 1. The van der Waals surface area contributed by atoms with Gasteiger partial charge in [-0.25, -0.2) is 0 Å². The maximum atomic E-state index is 13.4. The molecule has 4 rings (SSSR count). The van der Waals surface area contributed by atoms with Crippen LogP contribution in [0.2, 0.25) is 0 Å². The number of hydrogen-bond acceptors (Lipinski definition) is 6. The van der Waals surface area contributed by atoms with Crippen molar-refractivity contribution in [1.29, 1.82) is 0 Å². The molecular formula is C26H35N3O5. The molecule has 0 N–H and O–H groups in total. The summed E-state index contributed by atoms with van der Waals surface area (Å²) in [5.74, 6) is -0.196. The first-order valence-electron chi connectivity index (χ1n) is 12.2. The van der Waals surface area contributed by atoms with Crippen LogP contribution in [-0.2, 0) is 25.7 Å². The summed E-state index contributed by atoms with van der Waals surface area (Å²) in [6, 6.07) is 6.96. The number of piperidine rings is 1. The van der Waals surface area contributed by atoms with Gasteiger partial charge in [-0.05, 0) is 43.4 Å². The Morgan fingerprint density at radius 3 is 2.44 bits per heavy atom. The lowest BCUT2D eigenvalue weighted by Crippen LogP contribution is -2.74. The summed E-state index contributed by atoms with van der Waals surface area (Å²) < 4.78 is 5.21. The van der Waals surface area contributed by atoms with E-state index in [9.17, 15) is 19.2 Å². The zero-order chi connectivity index (χ0) is 24.6. The summed E-state index contributed by atoms with van der Waals surface area (Å²) >= 11 is 0. The number of fused-ring (bicyclic) bond motifs is 4. The number of amides is 2. The van der Waals surface area contributed by atoms with Gasteiger partial charge in [0, 0.05) is 24.5 Å². The highest BCUT2D eigenvalue weighted by molar-refractivity contribution is 6.39. The van der Waals surface area contributed by atoms with Crippen molar-refractivity contribution in [3.8, 4) is 5.75 Å². The molecule has 34 heavy (non-hydrogen) atoms. The number of Topliss-reactive ketones (excluding diaryl/α,β-unsaturated/α-hetero) is 2. The van der Waals surface area contributed by atoms with Gasteiger partial charge in [-0.1, -0.05) is 32.9 Å². The first-order valence-corrected chi connectivity index (χ1v) is 12.2. The number of carbonyl (C=O) groups is 4. The van der Waals surface area contributed by atoms with E-state index >= 15 is 0 Å². The average Bonchev–Trinajstić information content (AvgIpc) is 2.83. The van der Waals surface area contributed by atoms with Crippen LogP contribution >= 0.6 is 0 Å². The Kier molecular flexibility index (Phi) is 6.80. The molecule has 0 saturated carbocycles. The first-order chi connectivity index (χ1) is 16.2. The molecule has 3 saturated heterocycles. The molecule has 0 spiro atoms. The molecule has 0 radical (unpaired) electrons. The Hall–Kier alpha value is -2.74. The minimum Gasteiger partial charge on any atom is -0.497 e. The lowest BCUT2D eigenvalue weighted by Gasteiger charge is -2.56. The third kappa shape index (κ3) is 4.48. The summed E-state index contributed by atoms with van der Waals surface area (Å²) in [7, 11) is 1.61. The number of piperazine rings is 2. The maximum Gasteiger partial charge on any atom is 0.242 e. The van der Waals surface area contributed by atoms with Crippen molar-refractivity contribution < 1.29 is 23.9 Å². The summed E-state index contributed by atoms with van der Waals surface area (Å²) in [5.41, 5.74) is 0.287. The second kappa shape index (κ2) is 9.49. The highest BCUT2D eigenvalue weighted by Crippen LogP contribution is 2.36. The van der Waals surface area contributed by atoms with Gasteiger partial charge in [0.1, 0.15) is 12.3 Å². The Labute approximate surface area is 201 Å². The van der Waals surface area contributed by atoms with Gasteiger partial charge in [0.05, 0.1) is 25.7 Å². The fraction of sp³-hybridized carbons (Fsp3) is 0.615. The molecule has 3 heterocycles. The first kappa shape index (κ1) is 24.4. The van der Waals surface area contributed by atoms with Crippen LogP contribution in [0.25, 0.3) is 0 Å². The molecular weight excluding hydrogens is 434 g/mol. The fourth-order valence-electron chi connectivity index (χ4n) is 5.42. The van der Waals surface area contributed by atoms with E-state index in [-0.39, 0.29) is 42.8 Å². The van der Waals surface area contributed by atoms with Gasteiger partial charge < -0.3 is 14.5 Å². The second-order valence-corrected chi connectivity index (χ2v) is 10.3. The van der Waals surface area contributed by atoms with Crippen LogP contribution in [0, 0.1) is 5.41 Å². The normalized spacial score (nSPS) is 25.2. The van der Waals surface area contributed by atoms with Crippen LogP contribution in [0.3, 0.4) is 0 Å². The van der Waals surface area contributed by atoms with E-state index in [0.29, 0.717) is 25.9 Å². The average molecular weight is 470 g/mol. The van der Waals surface area contributed by atoms with Crippen LogP contribution in [0.5, 0.6) is 5.75 Å². The number of ketones is 2. The molecule has 1 aromatic carbocycles. The molecule has 184 valence electrons. The van der Waals surface area contributed by atoms with E-state index in [0.717, 1.165) is 24.2 Å². The highest BCUT2D eigenvalue weighted by atomic mass is 16.5. The van der Waals surface area contributed by atoms with Gasteiger partial charge in [0.25, 0.3) is 0 Å². The minimum atomic E-state index is -0.704. The van der Waals surface area contributed by atoms with Crippen LogP contribution in [0.4, 0.5) is 0 Å². The van der Waals surface area contributed by atoms with E-state index in [1.807, 2.05) is 36.1 Å². The fourth-order valence-corrected chi connectivity index (χ4v) is 5.42. The smallest absolute Gasteiger partial charge is 0.242 e. The zero-order valence-corrected chi connectivity index (χ0v) is 20.6. The van der Waals surface area contributed by atoms with Crippen LogP contribution in [-0.4, -0.2) is 83.0 Å². The second-order valence-electron chi connectivity index (χ2n) is 10.3. The van der Waals surface area contributed by atoms with Crippen molar-refractivity contribution in [1.82, 2.24) is 14.7 Å². The molecule has 1 aromatic rings. The predicted molar refractivity (Wildman–Crippen MR) is 126 cm³/mol. The van der Waals surface area contributed by atoms with Crippen molar-refractivity contribution in [3.63, 3.8) is 0 Å². The lowest BCUT2D eigenvalue weighted by molar-refractivity contribution is -0.169. The molecule has 3 aliphatic heterocycles.